The van der Waals surface area contributed by atoms with Gasteiger partial charge in [0.1, 0.15) is 5.75 Å². The number of nitrogens with one attached hydrogen (secondary N) is 1. The van der Waals surface area contributed by atoms with E-state index in [0.717, 1.165) is 17.8 Å². The number of halogens is 1. The Morgan fingerprint density at radius 1 is 1.12 bits per heavy atom. The van der Waals surface area contributed by atoms with Crippen LogP contribution in [0.2, 0.25) is 5.02 Å². The molecule has 5 rings (SSSR count). The molecule has 4 saturated carbocycles. The molecule has 1 atom stereocenters. The molecule has 4 aliphatic carbocycles. The first-order valence-corrected chi connectivity index (χ1v) is 10.4. The highest BCUT2D eigenvalue weighted by atomic mass is 35.5. The Morgan fingerprint density at radius 2 is 1.62 bits per heavy atom. The Kier molecular flexibility index (Phi) is 4.50. The standard InChI is InChI=1S/C22H30ClNO2/c1-14(22-11-15-8-16(12-22)10-17(9-15)13-22)24-20(25)21(2,3)26-19-6-4-18(23)5-7-19/h4-7,14-17H,8-13H2,1-3H3,(H,24,25). The highest BCUT2D eigenvalue weighted by Crippen LogP contribution is 2.61. The zero-order chi connectivity index (χ0) is 18.5. The summed E-state index contributed by atoms with van der Waals surface area (Å²) in [5, 5.41) is 3.98. The third kappa shape index (κ3) is 3.35. The molecule has 4 heteroatoms. The smallest absolute Gasteiger partial charge is 0.263 e. The molecule has 142 valence electrons. The van der Waals surface area contributed by atoms with Gasteiger partial charge >= 0.3 is 0 Å². The van der Waals surface area contributed by atoms with Gasteiger partial charge in [0.25, 0.3) is 5.91 Å². The van der Waals surface area contributed by atoms with Crippen molar-refractivity contribution >= 4 is 17.5 Å². The molecule has 1 unspecified atom stereocenters. The Morgan fingerprint density at radius 3 is 2.12 bits per heavy atom. The number of rotatable bonds is 5. The summed E-state index contributed by atoms with van der Waals surface area (Å²) in [6.45, 7) is 5.89. The fourth-order valence-electron chi connectivity index (χ4n) is 6.08. The minimum atomic E-state index is -0.912. The van der Waals surface area contributed by atoms with Gasteiger partial charge < -0.3 is 10.1 Å². The fourth-order valence-corrected chi connectivity index (χ4v) is 6.20. The van der Waals surface area contributed by atoms with Crippen LogP contribution < -0.4 is 10.1 Å². The Balaban J connectivity index is 1.42. The van der Waals surface area contributed by atoms with Crippen molar-refractivity contribution in [2.24, 2.45) is 23.2 Å². The molecule has 0 spiro atoms. The molecule has 4 bridgehead atoms. The number of hydrogen-bond acceptors (Lipinski definition) is 2. The van der Waals surface area contributed by atoms with Crippen molar-refractivity contribution in [3.63, 3.8) is 0 Å². The minimum Gasteiger partial charge on any atom is -0.478 e. The summed E-state index contributed by atoms with van der Waals surface area (Å²) in [5.41, 5.74) is -0.606. The Hall–Kier alpha value is -1.22. The third-order valence-electron chi connectivity index (χ3n) is 7.09. The molecule has 0 saturated heterocycles. The van der Waals surface area contributed by atoms with Crippen LogP contribution in [0.4, 0.5) is 0 Å². The summed E-state index contributed by atoms with van der Waals surface area (Å²) in [5.74, 6) is 3.30. The van der Waals surface area contributed by atoms with Crippen LogP contribution in [0.1, 0.15) is 59.3 Å². The van der Waals surface area contributed by atoms with Crippen molar-refractivity contribution in [2.45, 2.75) is 70.9 Å². The van der Waals surface area contributed by atoms with Crippen molar-refractivity contribution in [1.29, 1.82) is 0 Å². The van der Waals surface area contributed by atoms with Crippen LogP contribution in [0.5, 0.6) is 5.75 Å². The van der Waals surface area contributed by atoms with E-state index in [1.54, 1.807) is 24.3 Å². The van der Waals surface area contributed by atoms with Gasteiger partial charge in [-0.1, -0.05) is 11.6 Å². The third-order valence-corrected chi connectivity index (χ3v) is 7.34. The van der Waals surface area contributed by atoms with Crippen molar-refractivity contribution in [2.75, 3.05) is 0 Å². The number of amides is 1. The van der Waals surface area contributed by atoms with E-state index in [1.165, 1.54) is 38.5 Å². The number of carbonyl (C=O) groups is 1. The predicted molar refractivity (Wildman–Crippen MR) is 104 cm³/mol. The Bertz CT molecular complexity index is 647. The molecule has 0 aliphatic heterocycles. The lowest BCUT2D eigenvalue weighted by Gasteiger charge is -2.59. The molecule has 1 amide bonds. The van der Waals surface area contributed by atoms with Gasteiger partial charge in [-0.3, -0.25) is 4.79 Å². The van der Waals surface area contributed by atoms with Crippen LogP contribution in [-0.4, -0.2) is 17.6 Å². The molecule has 3 nitrogen and oxygen atoms in total. The SMILES string of the molecule is CC(NC(=O)C(C)(C)Oc1ccc(Cl)cc1)C12CC3CC(CC(C3)C1)C2. The first-order valence-electron chi connectivity index (χ1n) is 10.0. The van der Waals surface area contributed by atoms with Gasteiger partial charge in [-0.15, -0.1) is 0 Å². The highest BCUT2D eigenvalue weighted by molar-refractivity contribution is 6.30. The second-order valence-corrected chi connectivity index (χ2v) is 9.98. The van der Waals surface area contributed by atoms with E-state index in [4.69, 9.17) is 16.3 Å². The van der Waals surface area contributed by atoms with Crippen molar-refractivity contribution in [3.8, 4) is 5.75 Å². The van der Waals surface area contributed by atoms with Crippen LogP contribution in [0, 0.1) is 23.2 Å². The van der Waals surface area contributed by atoms with Gasteiger partial charge in [0.05, 0.1) is 0 Å². The van der Waals surface area contributed by atoms with E-state index in [-0.39, 0.29) is 11.9 Å². The predicted octanol–water partition coefficient (Wildman–Crippen LogP) is 5.22. The van der Waals surface area contributed by atoms with E-state index in [0.29, 0.717) is 16.2 Å². The molecule has 1 aromatic carbocycles. The van der Waals surface area contributed by atoms with Gasteiger partial charge in [0.15, 0.2) is 5.60 Å². The average Bonchev–Trinajstić information content (AvgIpc) is 2.55. The lowest BCUT2D eigenvalue weighted by Crippen LogP contribution is -2.59. The molecule has 4 aliphatic rings. The molecule has 4 fully saturated rings. The number of benzene rings is 1. The quantitative estimate of drug-likeness (QED) is 0.766. The molecule has 1 N–H and O–H groups in total. The first kappa shape index (κ1) is 18.2. The molecule has 0 aromatic heterocycles. The van der Waals surface area contributed by atoms with Crippen LogP contribution >= 0.6 is 11.6 Å². The first-order chi connectivity index (χ1) is 12.3. The highest BCUT2D eigenvalue weighted by Gasteiger charge is 2.53. The summed E-state index contributed by atoms with van der Waals surface area (Å²) in [6.07, 6.45) is 8.14. The summed E-state index contributed by atoms with van der Waals surface area (Å²) in [7, 11) is 0. The van der Waals surface area contributed by atoms with Gasteiger partial charge in [-0.05, 0) is 107 Å². The average molecular weight is 376 g/mol. The van der Waals surface area contributed by atoms with Crippen LogP contribution in [-0.2, 0) is 4.79 Å². The normalized spacial score (nSPS) is 33.8. The fraction of sp³-hybridized carbons (Fsp3) is 0.682. The van der Waals surface area contributed by atoms with Crippen molar-refractivity contribution in [1.82, 2.24) is 5.32 Å². The van der Waals surface area contributed by atoms with E-state index < -0.39 is 5.60 Å². The Labute approximate surface area is 161 Å². The minimum absolute atomic E-state index is 0.0318. The van der Waals surface area contributed by atoms with Crippen LogP contribution in [0.15, 0.2) is 24.3 Å². The number of ether oxygens (including phenoxy) is 1. The monoisotopic (exact) mass is 375 g/mol. The maximum Gasteiger partial charge on any atom is 0.263 e. The maximum atomic E-state index is 13.0. The molecule has 26 heavy (non-hydrogen) atoms. The van der Waals surface area contributed by atoms with E-state index in [9.17, 15) is 4.79 Å². The molecule has 0 radical (unpaired) electrons. The maximum absolute atomic E-state index is 13.0. The molecule has 0 heterocycles. The van der Waals surface area contributed by atoms with Crippen LogP contribution in [0.25, 0.3) is 0 Å². The second kappa shape index (κ2) is 6.44. The van der Waals surface area contributed by atoms with Crippen molar-refractivity contribution < 1.29 is 9.53 Å². The summed E-state index contributed by atoms with van der Waals surface area (Å²) in [4.78, 5) is 13.0. The summed E-state index contributed by atoms with van der Waals surface area (Å²) in [6, 6.07) is 7.38. The summed E-state index contributed by atoms with van der Waals surface area (Å²) >= 11 is 5.93. The largest absolute Gasteiger partial charge is 0.478 e. The van der Waals surface area contributed by atoms with Gasteiger partial charge in [0, 0.05) is 11.1 Å². The van der Waals surface area contributed by atoms with Crippen molar-refractivity contribution in [3.05, 3.63) is 29.3 Å². The molecular formula is C22H30ClNO2. The number of carbonyl (C=O) groups excluding carboxylic acids is 1. The molecular weight excluding hydrogens is 346 g/mol. The van der Waals surface area contributed by atoms with E-state index in [2.05, 4.69) is 12.2 Å². The summed E-state index contributed by atoms with van der Waals surface area (Å²) < 4.78 is 5.97. The van der Waals surface area contributed by atoms with Crippen LogP contribution in [0.3, 0.4) is 0 Å². The zero-order valence-electron chi connectivity index (χ0n) is 16.1. The number of hydrogen-bond donors (Lipinski definition) is 1. The second-order valence-electron chi connectivity index (χ2n) is 9.54. The lowest BCUT2D eigenvalue weighted by atomic mass is 9.48. The van der Waals surface area contributed by atoms with Gasteiger partial charge in [0.2, 0.25) is 0 Å². The topological polar surface area (TPSA) is 38.3 Å². The van der Waals surface area contributed by atoms with E-state index in [1.807, 2.05) is 13.8 Å². The van der Waals surface area contributed by atoms with Gasteiger partial charge in [-0.2, -0.15) is 0 Å². The zero-order valence-corrected chi connectivity index (χ0v) is 16.8. The van der Waals surface area contributed by atoms with Gasteiger partial charge in [-0.25, -0.2) is 0 Å². The molecule has 1 aromatic rings. The lowest BCUT2D eigenvalue weighted by molar-refractivity contribution is -0.138. The van der Waals surface area contributed by atoms with E-state index >= 15 is 0 Å².